The van der Waals surface area contributed by atoms with E-state index in [2.05, 4.69) is 5.32 Å². The van der Waals surface area contributed by atoms with Crippen molar-refractivity contribution in [2.75, 3.05) is 11.9 Å². The van der Waals surface area contributed by atoms with E-state index in [9.17, 15) is 14.0 Å². The number of rotatable bonds is 2. The van der Waals surface area contributed by atoms with E-state index in [0.29, 0.717) is 11.3 Å². The Morgan fingerprint density at radius 1 is 0.969 bits per heavy atom. The number of aryl methyl sites for hydroxylation is 1. The molecule has 4 aromatic carbocycles. The van der Waals surface area contributed by atoms with Crippen LogP contribution in [0.4, 0.5) is 10.1 Å². The van der Waals surface area contributed by atoms with Gasteiger partial charge < -0.3 is 10.2 Å². The van der Waals surface area contributed by atoms with E-state index in [1.54, 1.807) is 23.1 Å². The summed E-state index contributed by atoms with van der Waals surface area (Å²) in [5.41, 5.74) is 3.73. The molecule has 1 aliphatic heterocycles. The highest BCUT2D eigenvalue weighted by Gasteiger charge is 2.34. The second kappa shape index (κ2) is 7.93. The van der Waals surface area contributed by atoms with Crippen LogP contribution < -0.4 is 5.32 Å². The molecule has 4 nitrogen and oxygen atoms in total. The van der Waals surface area contributed by atoms with Crippen LogP contribution in [-0.2, 0) is 4.79 Å². The van der Waals surface area contributed by atoms with Crippen molar-refractivity contribution in [3.8, 4) is 0 Å². The van der Waals surface area contributed by atoms with Crippen LogP contribution >= 0.6 is 0 Å². The molecule has 1 unspecified atom stereocenters. The molecule has 32 heavy (non-hydrogen) atoms. The first kappa shape index (κ1) is 19.9. The second-order valence-electron chi connectivity index (χ2n) is 8.05. The Bertz CT molecular complexity index is 1340. The third-order valence-electron chi connectivity index (χ3n) is 5.87. The van der Waals surface area contributed by atoms with E-state index >= 15 is 0 Å². The SMILES string of the molecule is Cc1ccc2c(c1)C(c1ccc(F)cc1)N(C(=O)c1cccc3ccccc13)CC(=O)N2. The van der Waals surface area contributed by atoms with E-state index < -0.39 is 6.04 Å². The van der Waals surface area contributed by atoms with Crippen LogP contribution in [0.2, 0.25) is 0 Å². The van der Waals surface area contributed by atoms with E-state index in [0.717, 1.165) is 27.5 Å². The number of benzene rings is 4. The first-order valence-corrected chi connectivity index (χ1v) is 10.5. The predicted molar refractivity (Wildman–Crippen MR) is 123 cm³/mol. The minimum absolute atomic E-state index is 0.113. The molecule has 4 aromatic rings. The van der Waals surface area contributed by atoms with Gasteiger partial charge in [0.25, 0.3) is 5.91 Å². The summed E-state index contributed by atoms with van der Waals surface area (Å²) in [5.74, 6) is -0.873. The number of hydrogen-bond donors (Lipinski definition) is 1. The number of hydrogen-bond acceptors (Lipinski definition) is 2. The van der Waals surface area contributed by atoms with Crippen LogP contribution in [0.5, 0.6) is 0 Å². The summed E-state index contributed by atoms with van der Waals surface area (Å²) in [6.07, 6.45) is 0. The lowest BCUT2D eigenvalue weighted by molar-refractivity contribution is -0.117. The second-order valence-corrected chi connectivity index (χ2v) is 8.05. The summed E-state index contributed by atoms with van der Waals surface area (Å²) in [5, 5.41) is 4.70. The zero-order chi connectivity index (χ0) is 22.2. The molecule has 1 heterocycles. The molecule has 0 saturated carbocycles. The van der Waals surface area contributed by atoms with E-state index in [1.165, 1.54) is 12.1 Å². The molecule has 5 rings (SSSR count). The lowest BCUT2D eigenvalue weighted by atomic mass is 9.93. The average Bonchev–Trinajstić information content (AvgIpc) is 2.94. The molecule has 0 spiro atoms. The van der Waals surface area contributed by atoms with Gasteiger partial charge in [0, 0.05) is 16.8 Å². The number of nitrogens with one attached hydrogen (secondary N) is 1. The summed E-state index contributed by atoms with van der Waals surface area (Å²) in [6.45, 7) is 1.85. The smallest absolute Gasteiger partial charge is 0.255 e. The average molecular weight is 424 g/mol. The monoisotopic (exact) mass is 424 g/mol. The zero-order valence-corrected chi connectivity index (χ0v) is 17.5. The van der Waals surface area contributed by atoms with Gasteiger partial charge in [-0.2, -0.15) is 0 Å². The van der Waals surface area contributed by atoms with E-state index in [-0.39, 0.29) is 24.2 Å². The van der Waals surface area contributed by atoms with Crippen molar-refractivity contribution >= 4 is 28.3 Å². The summed E-state index contributed by atoms with van der Waals surface area (Å²) in [7, 11) is 0. The standard InChI is InChI=1S/C27H21FN2O2/c1-17-9-14-24-23(15-17)26(19-10-12-20(28)13-11-19)30(16-25(31)29-24)27(32)22-8-4-6-18-5-2-3-7-21(18)22/h2-15,26H,16H2,1H3,(H,29,31). The molecule has 1 aliphatic rings. The minimum Gasteiger partial charge on any atom is -0.324 e. The van der Waals surface area contributed by atoms with Gasteiger partial charge in [0.1, 0.15) is 12.4 Å². The van der Waals surface area contributed by atoms with Crippen LogP contribution in [0, 0.1) is 12.7 Å². The lowest BCUT2D eigenvalue weighted by Crippen LogP contribution is -2.39. The summed E-state index contributed by atoms with van der Waals surface area (Å²) >= 11 is 0. The Morgan fingerprint density at radius 2 is 1.72 bits per heavy atom. The molecule has 0 saturated heterocycles. The van der Waals surface area contributed by atoms with Gasteiger partial charge in [-0.25, -0.2) is 4.39 Å². The van der Waals surface area contributed by atoms with Gasteiger partial charge >= 0.3 is 0 Å². The molecule has 158 valence electrons. The highest BCUT2D eigenvalue weighted by molar-refractivity contribution is 6.09. The van der Waals surface area contributed by atoms with Crippen LogP contribution in [0.3, 0.4) is 0 Å². The molecule has 0 aromatic heterocycles. The fourth-order valence-electron chi connectivity index (χ4n) is 4.39. The summed E-state index contributed by atoms with van der Waals surface area (Å²) in [4.78, 5) is 28.3. The quantitative estimate of drug-likeness (QED) is 0.464. The fraction of sp³-hybridized carbons (Fsp3) is 0.111. The number of halogens is 1. The number of nitrogens with zero attached hydrogens (tertiary/aromatic N) is 1. The molecule has 5 heteroatoms. The molecule has 0 fully saturated rings. The predicted octanol–water partition coefficient (Wildman–Crippen LogP) is 5.47. The van der Waals surface area contributed by atoms with Gasteiger partial charge in [0.2, 0.25) is 5.91 Å². The van der Waals surface area contributed by atoms with E-state index in [1.807, 2.05) is 61.5 Å². The highest BCUT2D eigenvalue weighted by Crippen LogP contribution is 2.37. The third-order valence-corrected chi connectivity index (χ3v) is 5.87. The van der Waals surface area contributed by atoms with Gasteiger partial charge in [-0.15, -0.1) is 0 Å². The highest BCUT2D eigenvalue weighted by atomic mass is 19.1. The van der Waals surface area contributed by atoms with Gasteiger partial charge in [-0.3, -0.25) is 9.59 Å². The number of anilines is 1. The van der Waals surface area contributed by atoms with Crippen molar-refractivity contribution in [2.24, 2.45) is 0 Å². The van der Waals surface area contributed by atoms with Crippen molar-refractivity contribution in [3.05, 3.63) is 113 Å². The minimum atomic E-state index is -0.545. The molecule has 1 atom stereocenters. The number of carbonyl (C=O) groups excluding carboxylic acids is 2. The van der Waals surface area contributed by atoms with Crippen LogP contribution in [0.25, 0.3) is 10.8 Å². The molecule has 1 N–H and O–H groups in total. The van der Waals surface area contributed by atoms with Crippen LogP contribution in [-0.4, -0.2) is 23.3 Å². The Labute approximate surface area is 185 Å². The summed E-state index contributed by atoms with van der Waals surface area (Å²) in [6, 6.07) is 24.6. The van der Waals surface area contributed by atoms with Crippen molar-refractivity contribution in [2.45, 2.75) is 13.0 Å². The first-order chi connectivity index (χ1) is 15.5. The third kappa shape index (κ3) is 3.52. The summed E-state index contributed by atoms with van der Waals surface area (Å²) < 4.78 is 13.7. The van der Waals surface area contributed by atoms with Crippen LogP contribution in [0.15, 0.2) is 84.9 Å². The Hall–Kier alpha value is -3.99. The topological polar surface area (TPSA) is 49.4 Å². The number of carbonyl (C=O) groups is 2. The Kier molecular flexibility index (Phi) is 4.94. The maximum atomic E-state index is 13.9. The number of amides is 2. The lowest BCUT2D eigenvalue weighted by Gasteiger charge is -2.31. The Morgan fingerprint density at radius 3 is 2.53 bits per heavy atom. The van der Waals surface area contributed by atoms with Crippen molar-refractivity contribution in [3.63, 3.8) is 0 Å². The molecule has 0 bridgehead atoms. The van der Waals surface area contributed by atoms with Crippen molar-refractivity contribution in [1.29, 1.82) is 0 Å². The molecule has 0 radical (unpaired) electrons. The molecular formula is C27H21FN2O2. The first-order valence-electron chi connectivity index (χ1n) is 10.5. The van der Waals surface area contributed by atoms with Crippen molar-refractivity contribution in [1.82, 2.24) is 4.90 Å². The van der Waals surface area contributed by atoms with Gasteiger partial charge in [-0.05, 0) is 47.5 Å². The van der Waals surface area contributed by atoms with Gasteiger partial charge in [0.05, 0.1) is 6.04 Å². The molecular weight excluding hydrogens is 403 g/mol. The molecule has 2 amide bonds. The Balaban J connectivity index is 1.71. The van der Waals surface area contributed by atoms with E-state index in [4.69, 9.17) is 0 Å². The maximum absolute atomic E-state index is 13.9. The normalized spacial score (nSPS) is 15.8. The van der Waals surface area contributed by atoms with Crippen LogP contribution in [0.1, 0.15) is 33.1 Å². The van der Waals surface area contributed by atoms with Gasteiger partial charge in [-0.1, -0.05) is 66.2 Å². The molecule has 0 aliphatic carbocycles. The number of fused-ring (bicyclic) bond motifs is 2. The zero-order valence-electron chi connectivity index (χ0n) is 17.5. The van der Waals surface area contributed by atoms with Gasteiger partial charge in [0.15, 0.2) is 0 Å². The largest absolute Gasteiger partial charge is 0.324 e. The fourth-order valence-corrected chi connectivity index (χ4v) is 4.39. The maximum Gasteiger partial charge on any atom is 0.255 e. The van der Waals surface area contributed by atoms with Crippen molar-refractivity contribution < 1.29 is 14.0 Å².